The highest BCUT2D eigenvalue weighted by molar-refractivity contribution is 8.00. The quantitative estimate of drug-likeness (QED) is 0.0878. The van der Waals surface area contributed by atoms with Gasteiger partial charge in [0.25, 0.3) is 11.8 Å². The molecule has 1 heterocycles. The van der Waals surface area contributed by atoms with Gasteiger partial charge in [-0.2, -0.15) is 0 Å². The smallest absolute Gasteiger partial charge is 0.272 e. The van der Waals surface area contributed by atoms with Crippen LogP contribution in [0.1, 0.15) is 29.3 Å². The first-order chi connectivity index (χ1) is 23.2. The van der Waals surface area contributed by atoms with Gasteiger partial charge in [-0.25, -0.2) is 4.98 Å². The Morgan fingerprint density at radius 1 is 0.938 bits per heavy atom. The molecule has 0 saturated carbocycles. The Bertz CT molecular complexity index is 1970. The molecule has 12 heteroatoms. The number of nitrogens with one attached hydrogen (secondary N) is 3. The van der Waals surface area contributed by atoms with E-state index in [0.29, 0.717) is 49.9 Å². The molecule has 0 radical (unpaired) electrons. The van der Waals surface area contributed by atoms with Crippen LogP contribution in [-0.2, 0) is 9.59 Å². The molecule has 0 aliphatic heterocycles. The van der Waals surface area contributed by atoms with E-state index < -0.39 is 17.1 Å². The molecule has 0 bridgehead atoms. The number of thioether (sulfide) groups is 1. The van der Waals surface area contributed by atoms with Crippen molar-refractivity contribution in [3.63, 3.8) is 0 Å². The second-order valence-electron chi connectivity index (χ2n) is 10.3. The molecule has 3 N–H and O–H groups in total. The number of carbonyl (C=O) groups is 3. The van der Waals surface area contributed by atoms with Gasteiger partial charge in [-0.05, 0) is 72.7 Å². The van der Waals surface area contributed by atoms with E-state index in [1.54, 1.807) is 73.8 Å². The number of halogens is 2. The molecule has 1 aromatic heterocycles. The molecular formula is C36H30Cl2N4O4S2. The molecule has 4 aromatic carbocycles. The lowest BCUT2D eigenvalue weighted by Gasteiger charge is -2.15. The first-order valence-electron chi connectivity index (χ1n) is 14.7. The zero-order valence-corrected chi connectivity index (χ0v) is 29.0. The Hall–Kier alpha value is -4.61. The fourth-order valence-corrected chi connectivity index (χ4v) is 6.74. The topological polar surface area (TPSA) is 109 Å². The Kier molecular flexibility index (Phi) is 11.9. The van der Waals surface area contributed by atoms with Gasteiger partial charge in [0.15, 0.2) is 5.13 Å². The van der Waals surface area contributed by atoms with E-state index in [4.69, 9.17) is 27.9 Å². The number of carbonyl (C=O) groups excluding carboxylic acids is 3. The minimum Gasteiger partial charge on any atom is -0.496 e. The summed E-state index contributed by atoms with van der Waals surface area (Å²) in [5.74, 6) is -0.513. The number of anilines is 2. The molecule has 0 aliphatic rings. The molecule has 5 rings (SSSR count). The summed E-state index contributed by atoms with van der Waals surface area (Å²) in [6.07, 6.45) is 2.04. The number of hydrogen-bond acceptors (Lipinski definition) is 7. The van der Waals surface area contributed by atoms with E-state index >= 15 is 0 Å². The van der Waals surface area contributed by atoms with E-state index in [9.17, 15) is 14.4 Å². The molecular weight excluding hydrogens is 687 g/mol. The van der Waals surface area contributed by atoms with Crippen molar-refractivity contribution < 1.29 is 19.1 Å². The van der Waals surface area contributed by atoms with Gasteiger partial charge in [0, 0.05) is 37.1 Å². The number of hydrogen-bond donors (Lipinski definition) is 3. The minimum atomic E-state index is -0.563. The summed E-state index contributed by atoms with van der Waals surface area (Å²) in [6, 6.07) is 28.1. The molecule has 0 fully saturated rings. The summed E-state index contributed by atoms with van der Waals surface area (Å²) >= 11 is 15.1. The van der Waals surface area contributed by atoms with Crippen LogP contribution >= 0.6 is 46.3 Å². The number of rotatable bonds is 12. The number of amides is 3. The van der Waals surface area contributed by atoms with Crippen molar-refractivity contribution in [1.82, 2.24) is 10.3 Å². The van der Waals surface area contributed by atoms with Crippen molar-refractivity contribution in [2.75, 3.05) is 17.7 Å². The molecule has 0 saturated heterocycles. The fraction of sp³-hybridized carbons (Fsp3) is 0.111. The summed E-state index contributed by atoms with van der Waals surface area (Å²) in [5.41, 5.74) is 2.89. The van der Waals surface area contributed by atoms with Gasteiger partial charge in [-0.1, -0.05) is 72.6 Å². The first-order valence-corrected chi connectivity index (χ1v) is 17.3. The predicted molar refractivity (Wildman–Crippen MR) is 196 cm³/mol. The monoisotopic (exact) mass is 716 g/mol. The largest absolute Gasteiger partial charge is 0.496 e. The van der Waals surface area contributed by atoms with E-state index in [1.807, 2.05) is 42.6 Å². The molecule has 1 unspecified atom stereocenters. The minimum absolute atomic E-state index is 0.0205. The van der Waals surface area contributed by atoms with Crippen LogP contribution in [0.25, 0.3) is 17.3 Å². The third kappa shape index (κ3) is 9.05. The third-order valence-electron chi connectivity index (χ3n) is 6.94. The Morgan fingerprint density at radius 2 is 1.71 bits per heavy atom. The lowest BCUT2D eigenvalue weighted by Crippen LogP contribution is -2.30. The Labute approximate surface area is 296 Å². The van der Waals surface area contributed by atoms with Gasteiger partial charge < -0.3 is 20.7 Å². The first kappa shape index (κ1) is 34.7. The highest BCUT2D eigenvalue weighted by Crippen LogP contribution is 2.33. The molecule has 5 aromatic rings. The number of methoxy groups -OCH3 is 1. The van der Waals surface area contributed by atoms with Crippen LogP contribution in [0.15, 0.2) is 113 Å². The maximum atomic E-state index is 13.6. The van der Waals surface area contributed by atoms with Crippen LogP contribution in [0, 0.1) is 0 Å². The summed E-state index contributed by atoms with van der Waals surface area (Å²) < 4.78 is 5.45. The van der Waals surface area contributed by atoms with E-state index in [-0.39, 0.29) is 11.6 Å². The molecule has 1 atom stereocenters. The second kappa shape index (κ2) is 16.5. The van der Waals surface area contributed by atoms with Crippen molar-refractivity contribution in [3.8, 4) is 17.0 Å². The number of nitrogens with zero attached hydrogens (tertiary/aromatic N) is 1. The SMILES string of the molecule is CCC(Sc1cccc(NC(=O)/C(=C\c2ccc(Cl)cc2Cl)NC(=O)c2ccccc2)c1)C(=O)Nc1nc(-c2ccccc2OC)cs1. The van der Waals surface area contributed by atoms with Crippen LogP contribution in [0.2, 0.25) is 10.0 Å². The van der Waals surface area contributed by atoms with E-state index in [1.165, 1.54) is 29.2 Å². The van der Waals surface area contributed by atoms with Crippen molar-refractivity contribution in [2.24, 2.45) is 0 Å². The van der Waals surface area contributed by atoms with Crippen molar-refractivity contribution >= 4 is 80.9 Å². The van der Waals surface area contributed by atoms with E-state index in [0.717, 1.165) is 10.5 Å². The van der Waals surface area contributed by atoms with Crippen LogP contribution in [0.5, 0.6) is 5.75 Å². The fourth-order valence-electron chi connectivity index (χ4n) is 4.55. The van der Waals surface area contributed by atoms with Crippen molar-refractivity contribution in [2.45, 2.75) is 23.5 Å². The molecule has 48 heavy (non-hydrogen) atoms. The second-order valence-corrected chi connectivity index (χ2v) is 13.2. The molecule has 0 spiro atoms. The molecule has 0 aliphatic carbocycles. The highest BCUT2D eigenvalue weighted by atomic mass is 35.5. The molecule has 244 valence electrons. The van der Waals surface area contributed by atoms with Gasteiger partial charge in [0.2, 0.25) is 5.91 Å². The maximum Gasteiger partial charge on any atom is 0.272 e. The molecule has 8 nitrogen and oxygen atoms in total. The van der Waals surface area contributed by atoms with Gasteiger partial charge in [-0.3, -0.25) is 14.4 Å². The third-order valence-corrected chi connectivity index (χ3v) is 9.62. The van der Waals surface area contributed by atoms with Crippen molar-refractivity contribution in [1.29, 1.82) is 0 Å². The zero-order valence-electron chi connectivity index (χ0n) is 25.8. The van der Waals surface area contributed by atoms with Gasteiger partial charge in [0.1, 0.15) is 11.4 Å². The highest BCUT2D eigenvalue weighted by Gasteiger charge is 2.21. The van der Waals surface area contributed by atoms with Gasteiger partial charge >= 0.3 is 0 Å². The number of ether oxygens (including phenoxy) is 1. The van der Waals surface area contributed by atoms with Crippen LogP contribution in [-0.4, -0.2) is 35.1 Å². The maximum absolute atomic E-state index is 13.6. The standard InChI is InChI=1S/C36H30Cl2N4O4S2/c1-3-32(35(45)42-36-41-30(21-47-36)27-14-7-8-15-31(27)46-2)48-26-13-9-12-25(20-26)39-34(44)29(18-23-16-17-24(37)19-28(23)38)40-33(43)22-10-5-4-6-11-22/h4-21,32H,3H2,1-2H3,(H,39,44)(H,40,43)(H,41,42,45)/b29-18+. The van der Waals surface area contributed by atoms with Gasteiger partial charge in [-0.15, -0.1) is 23.1 Å². The van der Waals surface area contributed by atoms with Crippen LogP contribution in [0.3, 0.4) is 0 Å². The normalized spacial score (nSPS) is 11.8. The average Bonchev–Trinajstić information content (AvgIpc) is 3.56. The summed E-state index contributed by atoms with van der Waals surface area (Å²) in [5, 5.41) is 11.2. The number of aromatic nitrogens is 1. The van der Waals surface area contributed by atoms with Crippen LogP contribution < -0.4 is 20.7 Å². The Balaban J connectivity index is 1.29. The average molecular weight is 718 g/mol. The lowest BCUT2D eigenvalue weighted by atomic mass is 10.1. The lowest BCUT2D eigenvalue weighted by molar-refractivity contribution is -0.116. The number of thiazole rings is 1. The number of para-hydroxylation sites is 1. The summed E-state index contributed by atoms with van der Waals surface area (Å²) in [4.78, 5) is 45.2. The van der Waals surface area contributed by atoms with Gasteiger partial charge in [0.05, 0.1) is 18.1 Å². The van der Waals surface area contributed by atoms with Crippen molar-refractivity contribution in [3.05, 3.63) is 129 Å². The Morgan fingerprint density at radius 3 is 2.46 bits per heavy atom. The molecule has 3 amide bonds. The zero-order chi connectivity index (χ0) is 34.0. The number of benzene rings is 4. The predicted octanol–water partition coefficient (Wildman–Crippen LogP) is 9.04. The van der Waals surface area contributed by atoms with E-state index in [2.05, 4.69) is 20.9 Å². The van der Waals surface area contributed by atoms with Crippen LogP contribution in [0.4, 0.5) is 10.8 Å². The summed E-state index contributed by atoms with van der Waals surface area (Å²) in [7, 11) is 1.61. The summed E-state index contributed by atoms with van der Waals surface area (Å²) in [6.45, 7) is 1.93.